The first-order valence-corrected chi connectivity index (χ1v) is 9.02. The number of methoxy groups -OCH3 is 2. The number of ether oxygens (including phenoxy) is 2. The van der Waals surface area contributed by atoms with Gasteiger partial charge in [0.15, 0.2) is 11.5 Å². The number of carbonyl (C=O) groups excluding carboxylic acids is 1. The number of rotatable bonds is 4. The number of amides is 1. The first-order valence-electron chi connectivity index (χ1n) is 9.02. The summed E-state index contributed by atoms with van der Waals surface area (Å²) in [5.74, 6) is 1.36. The Kier molecular flexibility index (Phi) is 5.71. The van der Waals surface area contributed by atoms with E-state index in [1.807, 2.05) is 36.1 Å². The van der Waals surface area contributed by atoms with Crippen LogP contribution in [0.3, 0.4) is 0 Å². The number of piperidine rings is 1. The van der Waals surface area contributed by atoms with Crippen molar-refractivity contribution < 1.29 is 14.3 Å². The maximum Gasteiger partial charge on any atom is 0.250 e. The van der Waals surface area contributed by atoms with Crippen LogP contribution in [0.1, 0.15) is 53.0 Å². The fourth-order valence-corrected chi connectivity index (χ4v) is 4.34. The SMILES string of the molecule is COc1ccc(/C=C(\C)C(=O)N2C(C)(C)CC(N)CC2(C)C)cc1OC. The van der Waals surface area contributed by atoms with Gasteiger partial charge in [0.2, 0.25) is 5.91 Å². The van der Waals surface area contributed by atoms with Gasteiger partial charge in [0, 0.05) is 22.7 Å². The van der Waals surface area contributed by atoms with Gasteiger partial charge in [-0.1, -0.05) is 6.07 Å². The number of nitrogens with zero attached hydrogens (tertiary/aromatic N) is 1. The molecule has 0 spiro atoms. The van der Waals surface area contributed by atoms with E-state index in [2.05, 4.69) is 27.7 Å². The van der Waals surface area contributed by atoms with E-state index in [0.717, 1.165) is 18.4 Å². The molecule has 1 aromatic carbocycles. The predicted molar refractivity (Wildman–Crippen MR) is 105 cm³/mol. The molecule has 144 valence electrons. The topological polar surface area (TPSA) is 64.8 Å². The summed E-state index contributed by atoms with van der Waals surface area (Å²) in [5.41, 5.74) is 7.24. The van der Waals surface area contributed by atoms with Crippen molar-refractivity contribution in [3.05, 3.63) is 29.3 Å². The summed E-state index contributed by atoms with van der Waals surface area (Å²) in [5, 5.41) is 0. The van der Waals surface area contributed by atoms with Crippen LogP contribution in [0.5, 0.6) is 11.5 Å². The normalized spacial score (nSPS) is 20.0. The van der Waals surface area contributed by atoms with E-state index >= 15 is 0 Å². The van der Waals surface area contributed by atoms with Crippen molar-refractivity contribution in [3.8, 4) is 11.5 Å². The van der Waals surface area contributed by atoms with Crippen LogP contribution in [0.15, 0.2) is 23.8 Å². The number of likely N-dealkylation sites (tertiary alicyclic amines) is 1. The van der Waals surface area contributed by atoms with E-state index in [0.29, 0.717) is 17.1 Å². The largest absolute Gasteiger partial charge is 0.493 e. The predicted octanol–water partition coefficient (Wildman–Crippen LogP) is 3.61. The Labute approximate surface area is 157 Å². The molecule has 1 saturated heterocycles. The highest BCUT2D eigenvalue weighted by Gasteiger charge is 2.46. The summed E-state index contributed by atoms with van der Waals surface area (Å²) in [7, 11) is 3.21. The van der Waals surface area contributed by atoms with Crippen molar-refractivity contribution in [3.63, 3.8) is 0 Å². The molecule has 0 bridgehead atoms. The zero-order valence-corrected chi connectivity index (χ0v) is 17.1. The first-order chi connectivity index (χ1) is 12.0. The van der Waals surface area contributed by atoms with Gasteiger partial charge in [0.1, 0.15) is 0 Å². The lowest BCUT2D eigenvalue weighted by Crippen LogP contribution is -2.65. The Bertz CT molecular complexity index is 689. The monoisotopic (exact) mass is 360 g/mol. The Morgan fingerprint density at radius 1 is 1.12 bits per heavy atom. The maximum atomic E-state index is 13.3. The second-order valence-electron chi connectivity index (χ2n) is 8.38. The highest BCUT2D eigenvalue weighted by atomic mass is 16.5. The molecule has 0 unspecified atom stereocenters. The van der Waals surface area contributed by atoms with Crippen LogP contribution in [0.4, 0.5) is 0 Å². The minimum atomic E-state index is -0.287. The van der Waals surface area contributed by atoms with Gasteiger partial charge in [0.25, 0.3) is 0 Å². The van der Waals surface area contributed by atoms with Crippen LogP contribution in [0.2, 0.25) is 0 Å². The van der Waals surface area contributed by atoms with Crippen molar-refractivity contribution in [1.82, 2.24) is 4.90 Å². The van der Waals surface area contributed by atoms with Crippen LogP contribution >= 0.6 is 0 Å². The van der Waals surface area contributed by atoms with Gasteiger partial charge >= 0.3 is 0 Å². The molecule has 5 nitrogen and oxygen atoms in total. The van der Waals surface area contributed by atoms with Gasteiger partial charge in [-0.2, -0.15) is 0 Å². The smallest absolute Gasteiger partial charge is 0.250 e. The minimum absolute atomic E-state index is 0.0432. The Morgan fingerprint density at radius 2 is 1.65 bits per heavy atom. The Balaban J connectivity index is 2.35. The van der Waals surface area contributed by atoms with Gasteiger partial charge in [-0.3, -0.25) is 4.79 Å². The summed E-state index contributed by atoms with van der Waals surface area (Å²) in [6.45, 7) is 10.2. The van der Waals surface area contributed by atoms with Crippen LogP contribution < -0.4 is 15.2 Å². The van der Waals surface area contributed by atoms with E-state index in [9.17, 15) is 4.79 Å². The van der Waals surface area contributed by atoms with Crippen molar-refractivity contribution >= 4 is 12.0 Å². The molecule has 26 heavy (non-hydrogen) atoms. The van der Waals surface area contributed by atoms with E-state index in [4.69, 9.17) is 15.2 Å². The lowest BCUT2D eigenvalue weighted by Gasteiger charge is -2.54. The highest BCUT2D eigenvalue weighted by Crippen LogP contribution is 2.39. The Hall–Kier alpha value is -2.01. The summed E-state index contributed by atoms with van der Waals surface area (Å²) in [4.78, 5) is 15.3. The second kappa shape index (κ2) is 7.31. The molecule has 0 aromatic heterocycles. The average molecular weight is 360 g/mol. The third-order valence-electron chi connectivity index (χ3n) is 5.07. The maximum absolute atomic E-state index is 13.3. The van der Waals surface area contributed by atoms with Crippen molar-refractivity contribution in [2.45, 2.75) is 64.6 Å². The molecule has 1 aliphatic rings. The lowest BCUT2D eigenvalue weighted by atomic mass is 9.77. The number of carbonyl (C=O) groups is 1. The molecule has 1 amide bonds. The molecule has 0 saturated carbocycles. The molecule has 1 aromatic rings. The van der Waals surface area contributed by atoms with Crippen LogP contribution in [0.25, 0.3) is 6.08 Å². The second-order valence-corrected chi connectivity index (χ2v) is 8.38. The zero-order chi connectivity index (χ0) is 19.7. The van der Waals surface area contributed by atoms with E-state index in [-0.39, 0.29) is 23.0 Å². The number of nitrogens with two attached hydrogens (primary N) is 1. The van der Waals surface area contributed by atoms with Gasteiger partial charge in [-0.15, -0.1) is 0 Å². The minimum Gasteiger partial charge on any atom is -0.493 e. The molecule has 2 N–H and O–H groups in total. The molecule has 5 heteroatoms. The van der Waals surface area contributed by atoms with Gasteiger partial charge in [-0.25, -0.2) is 0 Å². The van der Waals surface area contributed by atoms with Gasteiger partial charge in [-0.05, 0) is 71.2 Å². The quantitative estimate of drug-likeness (QED) is 0.833. The standard InChI is InChI=1S/C21H32N2O3/c1-14(10-15-8-9-17(25-6)18(11-15)26-7)19(24)23-20(2,3)12-16(22)13-21(23,4)5/h8-11,16H,12-13,22H2,1-7H3/b14-10+. The number of hydrogen-bond acceptors (Lipinski definition) is 4. The van der Waals surface area contributed by atoms with Crippen molar-refractivity contribution in [1.29, 1.82) is 0 Å². The lowest BCUT2D eigenvalue weighted by molar-refractivity contribution is -0.145. The molecule has 0 atom stereocenters. The van der Waals surface area contributed by atoms with E-state index < -0.39 is 0 Å². The zero-order valence-electron chi connectivity index (χ0n) is 17.1. The van der Waals surface area contributed by atoms with Crippen LogP contribution in [0, 0.1) is 0 Å². The molecular weight excluding hydrogens is 328 g/mol. The molecule has 1 aliphatic heterocycles. The third kappa shape index (κ3) is 4.04. The number of benzene rings is 1. The highest BCUT2D eigenvalue weighted by molar-refractivity contribution is 5.98. The molecule has 0 aliphatic carbocycles. The van der Waals surface area contributed by atoms with E-state index in [1.165, 1.54) is 0 Å². The van der Waals surface area contributed by atoms with Crippen LogP contribution in [-0.4, -0.2) is 42.1 Å². The fourth-order valence-electron chi connectivity index (χ4n) is 4.34. The average Bonchev–Trinajstić information content (AvgIpc) is 2.51. The fraction of sp³-hybridized carbons (Fsp3) is 0.571. The molecule has 1 heterocycles. The number of hydrogen-bond donors (Lipinski definition) is 1. The van der Waals surface area contributed by atoms with Crippen molar-refractivity contribution in [2.24, 2.45) is 5.73 Å². The molecular formula is C21H32N2O3. The first kappa shape index (κ1) is 20.3. The van der Waals surface area contributed by atoms with Crippen LogP contribution in [-0.2, 0) is 4.79 Å². The van der Waals surface area contributed by atoms with E-state index in [1.54, 1.807) is 14.2 Å². The van der Waals surface area contributed by atoms with Gasteiger partial charge < -0.3 is 20.1 Å². The summed E-state index contributed by atoms with van der Waals surface area (Å²) in [6.07, 6.45) is 3.49. The third-order valence-corrected chi connectivity index (χ3v) is 5.07. The summed E-state index contributed by atoms with van der Waals surface area (Å²) >= 11 is 0. The summed E-state index contributed by atoms with van der Waals surface area (Å²) in [6, 6.07) is 5.74. The van der Waals surface area contributed by atoms with Crippen molar-refractivity contribution in [2.75, 3.05) is 14.2 Å². The Morgan fingerprint density at radius 3 is 2.15 bits per heavy atom. The molecule has 1 fully saturated rings. The summed E-state index contributed by atoms with van der Waals surface area (Å²) < 4.78 is 10.6. The van der Waals surface area contributed by atoms with Gasteiger partial charge in [0.05, 0.1) is 14.2 Å². The molecule has 0 radical (unpaired) electrons. The molecule has 2 rings (SSSR count).